The van der Waals surface area contributed by atoms with Gasteiger partial charge in [-0.15, -0.1) is 0 Å². The summed E-state index contributed by atoms with van der Waals surface area (Å²) in [4.78, 5) is 26.5. The van der Waals surface area contributed by atoms with Gasteiger partial charge in [-0.25, -0.2) is 4.39 Å². The quantitative estimate of drug-likeness (QED) is 0.313. The van der Waals surface area contributed by atoms with E-state index in [2.05, 4.69) is 0 Å². The van der Waals surface area contributed by atoms with Crippen molar-refractivity contribution in [2.24, 2.45) is 0 Å². The minimum atomic E-state index is -0.486. The summed E-state index contributed by atoms with van der Waals surface area (Å²) in [5, 5.41) is 0.795. The van der Waals surface area contributed by atoms with Gasteiger partial charge in [0.2, 0.25) is 0 Å². The van der Waals surface area contributed by atoms with E-state index in [1.165, 1.54) is 12.1 Å². The Bertz CT molecular complexity index is 1240. The number of carbonyl (C=O) groups excluding carboxylic acids is 2. The second kappa shape index (κ2) is 10.2. The first-order chi connectivity index (χ1) is 15.8. The number of hydrogen-bond acceptors (Lipinski definition) is 4. The molecule has 0 atom stereocenters. The molecule has 0 unspecified atom stereocenters. The van der Waals surface area contributed by atoms with E-state index < -0.39 is 17.0 Å². The lowest BCUT2D eigenvalue weighted by molar-refractivity contribution is -0.123. The Morgan fingerprint density at radius 3 is 2.30 bits per heavy atom. The van der Waals surface area contributed by atoms with E-state index in [4.69, 9.17) is 39.5 Å². The van der Waals surface area contributed by atoms with Gasteiger partial charge in [-0.3, -0.25) is 14.5 Å². The van der Waals surface area contributed by atoms with Crippen LogP contribution in [0.1, 0.15) is 16.7 Å². The molecule has 1 fully saturated rings. The van der Waals surface area contributed by atoms with E-state index in [-0.39, 0.29) is 23.1 Å². The number of nitrogens with zero attached hydrogens (tertiary/aromatic N) is 1. The molecule has 0 aliphatic carbocycles. The van der Waals surface area contributed by atoms with E-state index >= 15 is 0 Å². The van der Waals surface area contributed by atoms with Gasteiger partial charge in [-0.2, -0.15) is 0 Å². The van der Waals surface area contributed by atoms with Crippen molar-refractivity contribution in [2.45, 2.75) is 13.2 Å². The predicted octanol–water partition coefficient (Wildman–Crippen LogP) is 7.60. The number of amides is 2. The van der Waals surface area contributed by atoms with Crippen molar-refractivity contribution >= 4 is 63.8 Å². The summed E-state index contributed by atoms with van der Waals surface area (Å²) in [7, 11) is 0. The van der Waals surface area contributed by atoms with Crippen molar-refractivity contribution in [1.82, 2.24) is 4.90 Å². The third kappa shape index (κ3) is 5.53. The molecule has 9 heteroatoms. The monoisotopic (exact) mass is 521 g/mol. The van der Waals surface area contributed by atoms with Crippen LogP contribution in [0.2, 0.25) is 15.1 Å². The average molecular weight is 523 g/mol. The number of benzene rings is 3. The summed E-state index contributed by atoms with van der Waals surface area (Å²) >= 11 is 19.2. The summed E-state index contributed by atoms with van der Waals surface area (Å²) in [6.07, 6.45) is 1.63. The summed E-state index contributed by atoms with van der Waals surface area (Å²) in [5.41, 5.74) is 1.91. The molecule has 2 amide bonds. The number of rotatable bonds is 6. The van der Waals surface area contributed by atoms with Crippen LogP contribution in [-0.4, -0.2) is 16.0 Å². The summed E-state index contributed by atoms with van der Waals surface area (Å²) in [6.45, 7) is 0.182. The minimum absolute atomic E-state index is 0.0293. The van der Waals surface area contributed by atoms with Gasteiger partial charge in [-0.05, 0) is 65.4 Å². The number of halogens is 4. The fourth-order valence-electron chi connectivity index (χ4n) is 3.09. The molecule has 0 aromatic heterocycles. The molecule has 1 heterocycles. The lowest BCUT2D eigenvalue weighted by Gasteiger charge is -2.13. The van der Waals surface area contributed by atoms with Crippen LogP contribution in [0.25, 0.3) is 6.08 Å². The normalized spacial score (nSPS) is 14.9. The molecule has 3 aromatic rings. The highest BCUT2D eigenvalue weighted by Gasteiger charge is 2.35. The second-order valence-corrected chi connectivity index (χ2v) is 9.28. The van der Waals surface area contributed by atoms with Crippen LogP contribution in [0.4, 0.5) is 9.18 Å². The highest BCUT2D eigenvalue weighted by atomic mass is 35.5. The van der Waals surface area contributed by atoms with E-state index in [1.807, 2.05) is 0 Å². The van der Waals surface area contributed by atoms with E-state index in [0.717, 1.165) is 28.3 Å². The Labute approximate surface area is 208 Å². The van der Waals surface area contributed by atoms with Gasteiger partial charge < -0.3 is 4.74 Å². The zero-order valence-corrected chi connectivity index (χ0v) is 19.9. The Balaban J connectivity index is 1.43. The van der Waals surface area contributed by atoms with Crippen molar-refractivity contribution in [3.63, 3.8) is 0 Å². The van der Waals surface area contributed by atoms with Gasteiger partial charge in [0.05, 0.1) is 11.4 Å². The molecule has 4 rings (SSSR count). The van der Waals surface area contributed by atoms with Crippen molar-refractivity contribution in [1.29, 1.82) is 0 Å². The van der Waals surface area contributed by atoms with Gasteiger partial charge in [-0.1, -0.05) is 59.1 Å². The van der Waals surface area contributed by atoms with Crippen LogP contribution in [-0.2, 0) is 17.9 Å². The minimum Gasteiger partial charge on any atom is -0.489 e. The molecule has 0 N–H and O–H groups in total. The molecule has 0 spiro atoms. The van der Waals surface area contributed by atoms with E-state index in [0.29, 0.717) is 26.9 Å². The fourth-order valence-corrected chi connectivity index (χ4v) is 4.67. The summed E-state index contributed by atoms with van der Waals surface area (Å²) in [5.74, 6) is -0.318. The summed E-state index contributed by atoms with van der Waals surface area (Å²) < 4.78 is 19.0. The van der Waals surface area contributed by atoms with Crippen molar-refractivity contribution in [2.75, 3.05) is 0 Å². The molecule has 0 bridgehead atoms. The standard InChI is InChI=1S/C24H15Cl3FNO3S/c25-19-2-1-3-20(26)18(19)13-32-17-8-4-14(5-9-17)10-22-23(30)29(24(31)33-22)12-15-6-7-16(28)11-21(15)27/h1-11H,12-13H2/b22-10-. The third-order valence-electron chi connectivity index (χ3n) is 4.84. The van der Waals surface area contributed by atoms with Crippen molar-refractivity contribution in [3.05, 3.63) is 103 Å². The van der Waals surface area contributed by atoms with Crippen LogP contribution in [0.3, 0.4) is 0 Å². The number of thioether (sulfide) groups is 1. The number of ether oxygens (including phenoxy) is 1. The number of imide groups is 1. The molecule has 168 valence electrons. The molecular weight excluding hydrogens is 508 g/mol. The summed E-state index contributed by atoms with van der Waals surface area (Å²) in [6, 6.07) is 16.1. The zero-order valence-electron chi connectivity index (χ0n) is 16.9. The highest BCUT2D eigenvalue weighted by Crippen LogP contribution is 2.34. The lowest BCUT2D eigenvalue weighted by atomic mass is 10.2. The van der Waals surface area contributed by atoms with Gasteiger partial charge in [0.15, 0.2) is 0 Å². The Hall–Kier alpha value is -2.51. The number of carbonyl (C=O) groups is 2. The lowest BCUT2D eigenvalue weighted by Crippen LogP contribution is -2.27. The molecular formula is C24H15Cl3FNO3S. The highest BCUT2D eigenvalue weighted by molar-refractivity contribution is 8.18. The van der Waals surface area contributed by atoms with Crippen LogP contribution >= 0.6 is 46.6 Å². The van der Waals surface area contributed by atoms with Crippen LogP contribution in [0.15, 0.2) is 65.6 Å². The van der Waals surface area contributed by atoms with E-state index in [1.54, 1.807) is 48.5 Å². The molecule has 33 heavy (non-hydrogen) atoms. The molecule has 0 radical (unpaired) electrons. The van der Waals surface area contributed by atoms with E-state index in [9.17, 15) is 14.0 Å². The smallest absolute Gasteiger partial charge is 0.293 e. The maximum absolute atomic E-state index is 13.3. The molecule has 1 saturated heterocycles. The maximum Gasteiger partial charge on any atom is 0.293 e. The molecule has 4 nitrogen and oxygen atoms in total. The van der Waals surface area contributed by atoms with Crippen molar-refractivity contribution < 1.29 is 18.7 Å². The van der Waals surface area contributed by atoms with Gasteiger partial charge in [0.25, 0.3) is 11.1 Å². The average Bonchev–Trinajstić information content (AvgIpc) is 3.03. The third-order valence-corrected chi connectivity index (χ3v) is 6.81. The van der Waals surface area contributed by atoms with Gasteiger partial charge in [0.1, 0.15) is 18.2 Å². The first-order valence-electron chi connectivity index (χ1n) is 9.67. The predicted molar refractivity (Wildman–Crippen MR) is 130 cm³/mol. The van der Waals surface area contributed by atoms with Crippen LogP contribution < -0.4 is 4.74 Å². The Kier molecular flexibility index (Phi) is 7.29. The Morgan fingerprint density at radius 2 is 1.64 bits per heavy atom. The molecule has 0 saturated carbocycles. The first kappa shape index (κ1) is 23.6. The van der Waals surface area contributed by atoms with Crippen molar-refractivity contribution in [3.8, 4) is 5.75 Å². The fraction of sp³-hybridized carbons (Fsp3) is 0.0833. The number of hydrogen-bond donors (Lipinski definition) is 0. The topological polar surface area (TPSA) is 46.6 Å². The van der Waals surface area contributed by atoms with Crippen LogP contribution in [0, 0.1) is 5.82 Å². The van der Waals surface area contributed by atoms with Gasteiger partial charge in [0, 0.05) is 20.6 Å². The van der Waals surface area contributed by atoms with Gasteiger partial charge >= 0.3 is 0 Å². The largest absolute Gasteiger partial charge is 0.489 e. The SMILES string of the molecule is O=C1S/C(=C\c2ccc(OCc3c(Cl)cccc3Cl)cc2)C(=O)N1Cc1ccc(F)cc1Cl. The molecule has 1 aliphatic rings. The zero-order chi connectivity index (χ0) is 23.5. The molecule has 1 aliphatic heterocycles. The Morgan fingerprint density at radius 1 is 0.939 bits per heavy atom. The maximum atomic E-state index is 13.3. The second-order valence-electron chi connectivity index (χ2n) is 7.06. The van der Waals surface area contributed by atoms with Crippen LogP contribution in [0.5, 0.6) is 5.75 Å². The molecule has 3 aromatic carbocycles. The first-order valence-corrected chi connectivity index (χ1v) is 11.6.